The second-order valence-corrected chi connectivity index (χ2v) is 10.0. The maximum atomic E-state index is 14.1. The highest BCUT2D eigenvalue weighted by molar-refractivity contribution is 6.32. The number of ketones is 1. The summed E-state index contributed by atoms with van der Waals surface area (Å²) >= 11 is 5.99. The zero-order valence-electron chi connectivity index (χ0n) is 20.6. The summed E-state index contributed by atoms with van der Waals surface area (Å²) in [7, 11) is 3.73. The number of likely N-dealkylation sites (N-methyl/N-ethyl adjacent to an activating group) is 1. The van der Waals surface area contributed by atoms with Gasteiger partial charge in [0.1, 0.15) is 0 Å². The molecule has 0 atom stereocenters. The van der Waals surface area contributed by atoms with Crippen LogP contribution in [0.1, 0.15) is 50.4 Å². The fourth-order valence-corrected chi connectivity index (χ4v) is 4.88. The summed E-state index contributed by atoms with van der Waals surface area (Å²) < 4.78 is 14.1. The summed E-state index contributed by atoms with van der Waals surface area (Å²) in [6, 6.07) is 8.46. The summed E-state index contributed by atoms with van der Waals surface area (Å²) in [4.78, 5) is 30.9. The first-order chi connectivity index (χ1) is 17.1. The van der Waals surface area contributed by atoms with E-state index in [-0.39, 0.29) is 36.2 Å². The van der Waals surface area contributed by atoms with Crippen molar-refractivity contribution in [3.63, 3.8) is 0 Å². The SMILES string of the molecule is C.CC(=O)c1cnc2ccc(-c3cc(F)c(O)c(Cl)c3)cc2c1NC1CCC(NC(=O)CN(C)C)CC1. The first-order valence-corrected chi connectivity index (χ1v) is 12.3. The van der Waals surface area contributed by atoms with Crippen molar-refractivity contribution in [3.05, 3.63) is 52.9 Å². The second kappa shape index (κ2) is 11.9. The Labute approximate surface area is 222 Å². The fourth-order valence-electron chi connectivity index (χ4n) is 4.67. The van der Waals surface area contributed by atoms with E-state index in [1.165, 1.54) is 19.1 Å². The maximum Gasteiger partial charge on any atom is 0.234 e. The molecule has 0 unspecified atom stereocenters. The third kappa shape index (κ3) is 6.56. The molecule has 1 saturated carbocycles. The second-order valence-electron chi connectivity index (χ2n) is 9.62. The minimum atomic E-state index is -0.805. The number of halogens is 2. The van der Waals surface area contributed by atoms with Crippen LogP contribution in [-0.2, 0) is 4.79 Å². The number of nitrogens with zero attached hydrogens (tertiary/aromatic N) is 2. The van der Waals surface area contributed by atoms with E-state index in [2.05, 4.69) is 15.6 Å². The molecule has 0 bridgehead atoms. The predicted octanol–water partition coefficient (Wildman–Crippen LogP) is 5.64. The molecule has 2 aromatic carbocycles. The maximum absolute atomic E-state index is 14.1. The van der Waals surface area contributed by atoms with Crippen LogP contribution < -0.4 is 10.6 Å². The highest BCUT2D eigenvalue weighted by atomic mass is 35.5. The molecule has 3 N–H and O–H groups in total. The van der Waals surface area contributed by atoms with Crippen molar-refractivity contribution in [2.45, 2.75) is 52.1 Å². The Morgan fingerprint density at radius 1 is 1.11 bits per heavy atom. The summed E-state index contributed by atoms with van der Waals surface area (Å²) in [5.41, 5.74) is 3.06. The fraction of sp³-hybridized carbons (Fsp3) is 0.393. The van der Waals surface area contributed by atoms with E-state index in [1.807, 2.05) is 31.1 Å². The van der Waals surface area contributed by atoms with Crippen LogP contribution in [-0.4, -0.2) is 59.4 Å². The molecule has 7 nitrogen and oxygen atoms in total. The van der Waals surface area contributed by atoms with Gasteiger partial charge < -0.3 is 20.6 Å². The van der Waals surface area contributed by atoms with E-state index >= 15 is 0 Å². The predicted molar refractivity (Wildman–Crippen MR) is 147 cm³/mol. The highest BCUT2D eigenvalue weighted by Gasteiger charge is 2.24. The van der Waals surface area contributed by atoms with Crippen molar-refractivity contribution < 1.29 is 19.1 Å². The Morgan fingerprint density at radius 2 is 1.78 bits per heavy atom. The Bertz CT molecular complexity index is 1280. The van der Waals surface area contributed by atoms with E-state index in [0.717, 1.165) is 31.1 Å². The largest absolute Gasteiger partial charge is 0.504 e. The summed E-state index contributed by atoms with van der Waals surface area (Å²) in [6.45, 7) is 1.87. The number of aromatic hydroxyl groups is 1. The Hall–Kier alpha value is -3.23. The van der Waals surface area contributed by atoms with Crippen LogP contribution >= 0.6 is 11.6 Å². The molecule has 0 radical (unpaired) electrons. The molecule has 4 rings (SSSR count). The van der Waals surface area contributed by atoms with Crippen molar-refractivity contribution in [2.75, 3.05) is 26.0 Å². The average molecular weight is 529 g/mol. The summed E-state index contributed by atoms with van der Waals surface area (Å²) in [5.74, 6) is -1.48. The number of benzene rings is 2. The summed E-state index contributed by atoms with van der Waals surface area (Å²) in [5, 5.41) is 17.0. The van der Waals surface area contributed by atoms with E-state index < -0.39 is 11.6 Å². The van der Waals surface area contributed by atoms with Crippen LogP contribution in [0.5, 0.6) is 5.75 Å². The van der Waals surface area contributed by atoms with Gasteiger partial charge in [0.05, 0.1) is 28.3 Å². The number of phenols is 1. The molecule has 1 fully saturated rings. The molecule has 9 heteroatoms. The monoisotopic (exact) mass is 528 g/mol. The van der Waals surface area contributed by atoms with Gasteiger partial charge in [-0.2, -0.15) is 0 Å². The number of Topliss-reactive ketones (excluding diaryl/α,β-unsaturated/α-hetero) is 1. The molecule has 1 aromatic heterocycles. The molecule has 1 amide bonds. The molecule has 198 valence electrons. The van der Waals surface area contributed by atoms with E-state index in [9.17, 15) is 19.1 Å². The molecular formula is C28H34ClFN4O3. The van der Waals surface area contributed by atoms with Gasteiger partial charge in [-0.15, -0.1) is 0 Å². The van der Waals surface area contributed by atoms with Gasteiger partial charge in [0.25, 0.3) is 0 Å². The topological polar surface area (TPSA) is 94.6 Å². The van der Waals surface area contributed by atoms with E-state index in [1.54, 1.807) is 12.3 Å². The highest BCUT2D eigenvalue weighted by Crippen LogP contribution is 2.36. The van der Waals surface area contributed by atoms with Crippen molar-refractivity contribution >= 4 is 39.9 Å². The number of carbonyl (C=O) groups excluding carboxylic acids is 2. The minimum absolute atomic E-state index is 0. The minimum Gasteiger partial charge on any atom is -0.504 e. The van der Waals surface area contributed by atoms with Gasteiger partial charge in [-0.05, 0) is 82.1 Å². The van der Waals surface area contributed by atoms with Crippen LogP contribution in [0.4, 0.5) is 10.1 Å². The van der Waals surface area contributed by atoms with E-state index in [0.29, 0.717) is 34.4 Å². The Balaban J connectivity index is 0.00000380. The molecule has 0 spiro atoms. The number of phenolic OH excluding ortho intramolecular Hbond substituents is 1. The summed E-state index contributed by atoms with van der Waals surface area (Å²) in [6.07, 6.45) is 4.94. The standard InChI is InChI=1S/C27H30ClFN4O3.CH4/c1-15(34)21-13-30-24-9-4-16(17-11-22(28)27(36)23(29)12-17)10-20(24)26(21)32-19-7-5-18(6-8-19)31-25(35)14-33(2)3;/h4,9-13,18-19,36H,5-8,14H2,1-3H3,(H,30,32)(H,31,35);1H4. The van der Waals surface area contributed by atoms with Crippen LogP contribution in [0.15, 0.2) is 36.5 Å². The lowest BCUT2D eigenvalue weighted by Gasteiger charge is -2.31. The lowest BCUT2D eigenvalue weighted by Crippen LogP contribution is -2.43. The number of hydrogen-bond acceptors (Lipinski definition) is 6. The first kappa shape index (κ1) is 28.3. The number of carbonyl (C=O) groups is 2. The number of nitrogens with one attached hydrogen (secondary N) is 2. The molecule has 3 aromatic rings. The van der Waals surface area contributed by atoms with Crippen LogP contribution in [0.3, 0.4) is 0 Å². The number of rotatable bonds is 7. The smallest absolute Gasteiger partial charge is 0.234 e. The van der Waals surface area contributed by atoms with Gasteiger partial charge in [0.15, 0.2) is 17.3 Å². The van der Waals surface area contributed by atoms with Crippen molar-refractivity contribution in [1.29, 1.82) is 0 Å². The van der Waals surface area contributed by atoms with Crippen molar-refractivity contribution in [2.24, 2.45) is 0 Å². The molecular weight excluding hydrogens is 495 g/mol. The Morgan fingerprint density at radius 3 is 2.41 bits per heavy atom. The number of pyridine rings is 1. The number of anilines is 1. The van der Waals surface area contributed by atoms with Crippen LogP contribution in [0, 0.1) is 5.82 Å². The molecule has 37 heavy (non-hydrogen) atoms. The first-order valence-electron chi connectivity index (χ1n) is 11.9. The zero-order valence-corrected chi connectivity index (χ0v) is 21.3. The molecule has 1 aliphatic carbocycles. The molecule has 1 aliphatic rings. The van der Waals surface area contributed by atoms with Gasteiger partial charge in [-0.25, -0.2) is 4.39 Å². The lowest BCUT2D eigenvalue weighted by atomic mass is 9.90. The molecule has 1 heterocycles. The zero-order chi connectivity index (χ0) is 26.0. The van der Waals surface area contributed by atoms with Crippen LogP contribution in [0.2, 0.25) is 5.02 Å². The number of amides is 1. The third-order valence-electron chi connectivity index (χ3n) is 6.50. The van der Waals surface area contributed by atoms with Gasteiger partial charge in [0, 0.05) is 23.7 Å². The third-order valence-corrected chi connectivity index (χ3v) is 6.79. The van der Waals surface area contributed by atoms with Gasteiger partial charge >= 0.3 is 0 Å². The Kier molecular flexibility index (Phi) is 9.10. The number of fused-ring (bicyclic) bond motifs is 1. The normalized spacial score (nSPS) is 17.4. The number of aromatic nitrogens is 1. The molecule has 0 saturated heterocycles. The van der Waals surface area contributed by atoms with Gasteiger partial charge in [-0.1, -0.05) is 25.1 Å². The van der Waals surface area contributed by atoms with E-state index in [4.69, 9.17) is 11.6 Å². The van der Waals surface area contributed by atoms with Gasteiger partial charge in [-0.3, -0.25) is 14.6 Å². The lowest BCUT2D eigenvalue weighted by molar-refractivity contribution is -0.122. The van der Waals surface area contributed by atoms with Crippen molar-refractivity contribution in [3.8, 4) is 16.9 Å². The van der Waals surface area contributed by atoms with Gasteiger partial charge in [0.2, 0.25) is 5.91 Å². The number of hydrogen-bond donors (Lipinski definition) is 3. The quantitative estimate of drug-likeness (QED) is 0.344. The molecule has 0 aliphatic heterocycles. The van der Waals surface area contributed by atoms with Crippen molar-refractivity contribution in [1.82, 2.24) is 15.2 Å². The average Bonchev–Trinajstić information content (AvgIpc) is 2.82. The van der Waals surface area contributed by atoms with Crippen LogP contribution in [0.25, 0.3) is 22.0 Å².